The summed E-state index contributed by atoms with van der Waals surface area (Å²) in [7, 11) is 1.54. The van der Waals surface area contributed by atoms with Crippen molar-refractivity contribution in [1.29, 1.82) is 0 Å². The van der Waals surface area contributed by atoms with Crippen LogP contribution >= 0.6 is 0 Å². The molecular formula is C9H14N2O3. The number of aryl methyl sites for hydroxylation is 1. The van der Waals surface area contributed by atoms with Crippen LogP contribution in [0.5, 0.6) is 5.88 Å². The Labute approximate surface area is 82.6 Å². The van der Waals surface area contributed by atoms with Gasteiger partial charge in [0.2, 0.25) is 5.88 Å². The quantitative estimate of drug-likeness (QED) is 0.670. The second-order valence-electron chi connectivity index (χ2n) is 2.79. The lowest BCUT2D eigenvalue weighted by atomic mass is 10.4. The number of carbonyl (C=O) groups is 1. The average Bonchev–Trinajstić information content (AvgIpc) is 2.48. The summed E-state index contributed by atoms with van der Waals surface area (Å²) in [6.07, 6.45) is 0. The molecule has 0 aliphatic heterocycles. The second-order valence-corrected chi connectivity index (χ2v) is 2.79. The number of aromatic nitrogens is 2. The van der Waals surface area contributed by atoms with Gasteiger partial charge in [-0.2, -0.15) is 0 Å². The lowest BCUT2D eigenvalue weighted by molar-refractivity contribution is -0.144. The van der Waals surface area contributed by atoms with Gasteiger partial charge in [0.05, 0.1) is 13.7 Å². The molecule has 0 atom stereocenters. The molecule has 0 saturated carbocycles. The van der Waals surface area contributed by atoms with E-state index in [1.165, 1.54) is 7.11 Å². The fraction of sp³-hybridized carbons (Fsp3) is 0.556. The van der Waals surface area contributed by atoms with Crippen molar-refractivity contribution in [1.82, 2.24) is 9.78 Å². The van der Waals surface area contributed by atoms with Crippen LogP contribution in [0.25, 0.3) is 0 Å². The first-order chi connectivity index (χ1) is 6.67. The lowest BCUT2D eigenvalue weighted by Gasteiger charge is -2.03. The van der Waals surface area contributed by atoms with Gasteiger partial charge in [0.25, 0.3) is 0 Å². The van der Waals surface area contributed by atoms with Crippen molar-refractivity contribution < 1.29 is 14.3 Å². The maximum atomic E-state index is 11.1. The van der Waals surface area contributed by atoms with Gasteiger partial charge in [-0.05, 0) is 13.8 Å². The molecule has 14 heavy (non-hydrogen) atoms. The van der Waals surface area contributed by atoms with Gasteiger partial charge >= 0.3 is 5.97 Å². The Morgan fingerprint density at radius 3 is 2.86 bits per heavy atom. The van der Waals surface area contributed by atoms with E-state index in [2.05, 4.69) is 5.10 Å². The monoisotopic (exact) mass is 198 g/mol. The molecule has 1 heterocycles. The Balaban J connectivity index is 2.66. The molecule has 0 aromatic carbocycles. The average molecular weight is 198 g/mol. The number of ether oxygens (including phenoxy) is 2. The van der Waals surface area contributed by atoms with Crippen LogP contribution in [0.4, 0.5) is 0 Å². The number of hydrogen-bond donors (Lipinski definition) is 0. The molecule has 0 unspecified atom stereocenters. The summed E-state index contributed by atoms with van der Waals surface area (Å²) in [6, 6.07) is 1.76. The molecule has 0 saturated heterocycles. The molecule has 78 valence electrons. The number of hydrogen-bond acceptors (Lipinski definition) is 4. The number of esters is 1. The minimum atomic E-state index is -0.290. The Kier molecular flexibility index (Phi) is 3.50. The number of methoxy groups -OCH3 is 1. The molecule has 0 N–H and O–H groups in total. The summed E-state index contributed by atoms with van der Waals surface area (Å²) in [5.74, 6) is 0.216. The third-order valence-electron chi connectivity index (χ3n) is 1.75. The largest absolute Gasteiger partial charge is 0.480 e. The Bertz CT molecular complexity index is 320. The summed E-state index contributed by atoms with van der Waals surface area (Å²) in [6.45, 7) is 4.14. The summed E-state index contributed by atoms with van der Waals surface area (Å²) >= 11 is 0. The number of carbonyl (C=O) groups excluding carboxylic acids is 1. The highest BCUT2D eigenvalue weighted by Gasteiger charge is 2.08. The van der Waals surface area contributed by atoms with Crippen LogP contribution in [-0.2, 0) is 16.1 Å². The van der Waals surface area contributed by atoms with Crippen molar-refractivity contribution in [2.75, 3.05) is 13.7 Å². The first-order valence-corrected chi connectivity index (χ1v) is 4.41. The molecule has 5 heteroatoms. The molecule has 0 aliphatic carbocycles. The zero-order valence-corrected chi connectivity index (χ0v) is 8.61. The third kappa shape index (κ3) is 2.48. The van der Waals surface area contributed by atoms with Crippen molar-refractivity contribution in [3.63, 3.8) is 0 Å². The minimum absolute atomic E-state index is 0.128. The zero-order valence-electron chi connectivity index (χ0n) is 8.61. The highest BCUT2D eigenvalue weighted by atomic mass is 16.5. The fourth-order valence-corrected chi connectivity index (χ4v) is 1.07. The van der Waals surface area contributed by atoms with E-state index < -0.39 is 0 Å². The van der Waals surface area contributed by atoms with Crippen molar-refractivity contribution >= 4 is 5.97 Å². The van der Waals surface area contributed by atoms with E-state index in [0.29, 0.717) is 12.5 Å². The van der Waals surface area contributed by atoms with Crippen molar-refractivity contribution in [3.05, 3.63) is 11.8 Å². The highest BCUT2D eigenvalue weighted by molar-refractivity contribution is 5.69. The van der Waals surface area contributed by atoms with Crippen LogP contribution < -0.4 is 4.74 Å². The summed E-state index contributed by atoms with van der Waals surface area (Å²) in [5, 5.41) is 4.04. The zero-order chi connectivity index (χ0) is 10.6. The number of nitrogens with zero attached hydrogens (tertiary/aromatic N) is 2. The van der Waals surface area contributed by atoms with Crippen LogP contribution in [-0.4, -0.2) is 29.5 Å². The van der Waals surface area contributed by atoms with E-state index in [-0.39, 0.29) is 12.5 Å². The minimum Gasteiger partial charge on any atom is -0.480 e. The van der Waals surface area contributed by atoms with E-state index in [4.69, 9.17) is 9.47 Å². The molecule has 1 aromatic heterocycles. The highest BCUT2D eigenvalue weighted by Crippen LogP contribution is 2.09. The van der Waals surface area contributed by atoms with Crippen molar-refractivity contribution in [2.45, 2.75) is 20.4 Å². The maximum Gasteiger partial charge on any atom is 0.327 e. The van der Waals surface area contributed by atoms with Gasteiger partial charge in [0.1, 0.15) is 6.54 Å². The molecule has 0 aliphatic rings. The van der Waals surface area contributed by atoms with Gasteiger partial charge in [0.15, 0.2) is 0 Å². The normalized spacial score (nSPS) is 9.93. The molecule has 5 nitrogen and oxygen atoms in total. The molecule has 0 spiro atoms. The van der Waals surface area contributed by atoms with Gasteiger partial charge in [-0.25, -0.2) is 0 Å². The second kappa shape index (κ2) is 4.64. The Hall–Kier alpha value is -1.52. The molecular weight excluding hydrogens is 184 g/mol. The van der Waals surface area contributed by atoms with Crippen LogP contribution in [0.1, 0.15) is 12.6 Å². The van der Waals surface area contributed by atoms with Crippen LogP contribution in [0, 0.1) is 6.92 Å². The number of rotatable bonds is 4. The first-order valence-electron chi connectivity index (χ1n) is 4.41. The summed E-state index contributed by atoms with van der Waals surface area (Å²) < 4.78 is 11.3. The SMILES string of the molecule is CCOC(=O)Cn1nc(OC)cc1C. The molecule has 0 bridgehead atoms. The Morgan fingerprint density at radius 1 is 1.64 bits per heavy atom. The van der Waals surface area contributed by atoms with E-state index >= 15 is 0 Å². The van der Waals surface area contributed by atoms with Crippen LogP contribution in [0.3, 0.4) is 0 Å². The smallest absolute Gasteiger partial charge is 0.327 e. The Morgan fingerprint density at radius 2 is 2.36 bits per heavy atom. The van der Waals surface area contributed by atoms with Gasteiger partial charge in [-0.15, -0.1) is 5.10 Å². The molecule has 0 amide bonds. The van der Waals surface area contributed by atoms with Crippen LogP contribution in [0.15, 0.2) is 6.07 Å². The summed E-state index contributed by atoms with van der Waals surface area (Å²) in [4.78, 5) is 11.1. The topological polar surface area (TPSA) is 53.4 Å². The summed E-state index contributed by atoms with van der Waals surface area (Å²) in [5.41, 5.74) is 0.870. The van der Waals surface area contributed by atoms with E-state index in [1.807, 2.05) is 6.92 Å². The molecule has 1 rings (SSSR count). The molecule has 0 radical (unpaired) electrons. The van der Waals surface area contributed by atoms with Crippen molar-refractivity contribution in [2.24, 2.45) is 0 Å². The van der Waals surface area contributed by atoms with Crippen LogP contribution in [0.2, 0.25) is 0 Å². The van der Waals surface area contributed by atoms with Gasteiger partial charge in [-0.1, -0.05) is 0 Å². The first kappa shape index (κ1) is 10.6. The standard InChI is InChI=1S/C9H14N2O3/c1-4-14-9(12)6-11-7(2)5-8(10-11)13-3/h5H,4,6H2,1-3H3. The van der Waals surface area contributed by atoms with Gasteiger partial charge in [0, 0.05) is 11.8 Å². The van der Waals surface area contributed by atoms with Crippen molar-refractivity contribution in [3.8, 4) is 5.88 Å². The van der Waals surface area contributed by atoms with E-state index in [1.54, 1.807) is 17.7 Å². The molecule has 1 aromatic rings. The third-order valence-corrected chi connectivity index (χ3v) is 1.75. The predicted octanol–water partition coefficient (Wildman–Crippen LogP) is 0.763. The fourth-order valence-electron chi connectivity index (χ4n) is 1.07. The van der Waals surface area contributed by atoms with Gasteiger partial charge in [-0.3, -0.25) is 9.48 Å². The molecule has 0 fully saturated rings. The van der Waals surface area contributed by atoms with Gasteiger partial charge < -0.3 is 9.47 Å². The lowest BCUT2D eigenvalue weighted by Crippen LogP contribution is -2.15. The van der Waals surface area contributed by atoms with E-state index in [0.717, 1.165) is 5.69 Å². The van der Waals surface area contributed by atoms with E-state index in [9.17, 15) is 4.79 Å². The maximum absolute atomic E-state index is 11.1. The predicted molar refractivity (Wildman–Crippen MR) is 50.1 cm³/mol.